The molecule has 2 heterocycles. The molecule has 3 amide bonds. The summed E-state index contributed by atoms with van der Waals surface area (Å²) in [6.07, 6.45) is -2.87. The number of nitrogens with one attached hydrogen (secondary N) is 1. The van der Waals surface area contributed by atoms with Gasteiger partial charge in [0.05, 0.1) is 17.8 Å². The summed E-state index contributed by atoms with van der Waals surface area (Å²) in [6.45, 7) is 6.87. The number of amides is 3. The highest BCUT2D eigenvalue weighted by Gasteiger charge is 2.38. The summed E-state index contributed by atoms with van der Waals surface area (Å²) in [7, 11) is 0. The summed E-state index contributed by atoms with van der Waals surface area (Å²) in [5.74, 6) is -0.726. The Hall–Kier alpha value is -3.17. The third kappa shape index (κ3) is 4.94. The minimum atomic E-state index is -4.79. The Morgan fingerprint density at radius 2 is 1.73 bits per heavy atom. The van der Waals surface area contributed by atoms with Crippen LogP contribution in [0.25, 0.3) is 11.1 Å². The molecule has 0 atom stereocenters. The number of carbonyl (C=O) groups is 2. The van der Waals surface area contributed by atoms with Crippen molar-refractivity contribution < 1.29 is 27.5 Å². The molecule has 1 aromatic heterocycles. The minimum absolute atomic E-state index is 0.217. The first-order chi connectivity index (χ1) is 15.3. The van der Waals surface area contributed by atoms with Crippen LogP contribution in [0.3, 0.4) is 0 Å². The summed E-state index contributed by atoms with van der Waals surface area (Å²) in [5, 5.41) is 2.94. The van der Waals surface area contributed by atoms with Gasteiger partial charge in [-0.05, 0) is 57.2 Å². The van der Waals surface area contributed by atoms with Gasteiger partial charge in [0.1, 0.15) is 5.75 Å². The first-order valence-corrected chi connectivity index (χ1v) is 10.8. The van der Waals surface area contributed by atoms with E-state index in [0.717, 1.165) is 18.5 Å². The number of nitrogens with two attached hydrogens (primary N) is 1. The van der Waals surface area contributed by atoms with Crippen molar-refractivity contribution in [2.45, 2.75) is 64.5 Å². The molecule has 0 unspecified atom stereocenters. The number of urea groups is 1. The van der Waals surface area contributed by atoms with Gasteiger partial charge in [-0.3, -0.25) is 4.79 Å². The van der Waals surface area contributed by atoms with E-state index in [4.69, 9.17) is 5.73 Å². The van der Waals surface area contributed by atoms with E-state index in [0.29, 0.717) is 35.5 Å². The first kappa shape index (κ1) is 23.0. The van der Waals surface area contributed by atoms with E-state index in [-0.39, 0.29) is 24.2 Å². The van der Waals surface area contributed by atoms with E-state index < -0.39 is 17.8 Å². The number of rotatable bonds is 4. The van der Waals surface area contributed by atoms with Crippen LogP contribution in [0.2, 0.25) is 0 Å². The third-order valence-electron chi connectivity index (χ3n) is 5.70. The van der Waals surface area contributed by atoms with Crippen LogP contribution in [0, 0.1) is 0 Å². The minimum Gasteiger partial charge on any atom is -0.406 e. The van der Waals surface area contributed by atoms with Gasteiger partial charge < -0.3 is 25.3 Å². The van der Waals surface area contributed by atoms with Crippen LogP contribution in [-0.4, -0.2) is 39.9 Å². The maximum Gasteiger partial charge on any atom is 0.573 e. The average molecular weight is 464 g/mol. The van der Waals surface area contributed by atoms with Gasteiger partial charge in [0, 0.05) is 29.9 Å². The summed E-state index contributed by atoms with van der Waals surface area (Å²) in [4.78, 5) is 27.0. The number of hydrogen-bond acceptors (Lipinski definition) is 3. The fourth-order valence-electron chi connectivity index (χ4n) is 4.32. The number of fused-ring (bicyclic) bond motifs is 1. The molecule has 10 heteroatoms. The molecule has 178 valence electrons. The lowest BCUT2D eigenvalue weighted by molar-refractivity contribution is -0.274. The Kier molecular flexibility index (Phi) is 5.58. The number of nitrogens with zero attached hydrogens (tertiary/aromatic N) is 2. The van der Waals surface area contributed by atoms with E-state index >= 15 is 0 Å². The Morgan fingerprint density at radius 1 is 1.09 bits per heavy atom. The zero-order valence-corrected chi connectivity index (χ0v) is 18.8. The van der Waals surface area contributed by atoms with Crippen LogP contribution in [0.4, 0.5) is 18.0 Å². The molecule has 0 spiro atoms. The number of carbonyl (C=O) groups excluding carboxylic acids is 2. The Labute approximate surface area is 189 Å². The molecule has 1 aliphatic carbocycles. The Bertz CT molecular complexity index is 1080. The zero-order chi connectivity index (χ0) is 24.1. The standard InChI is InChI=1S/C23H27F3N4O3/c1-22(2,3)28-21(32)29-10-11-30-16(12-29)18(20(27)31)17(19(30)14-4-5-14)13-6-8-15(9-7-13)33-23(24,25)26/h6-9,14H,4-5,10-12H2,1-3H3,(H2,27,31)(H,28,32). The number of ether oxygens (including phenoxy) is 1. The van der Waals surface area contributed by atoms with E-state index in [2.05, 4.69) is 14.6 Å². The van der Waals surface area contributed by atoms with Crippen LogP contribution in [0.1, 0.15) is 61.3 Å². The van der Waals surface area contributed by atoms with Crippen molar-refractivity contribution >= 4 is 11.9 Å². The molecule has 0 saturated heterocycles. The van der Waals surface area contributed by atoms with Gasteiger partial charge in [-0.2, -0.15) is 0 Å². The maximum atomic E-state index is 12.7. The number of halogens is 3. The lowest BCUT2D eigenvalue weighted by Crippen LogP contribution is -2.50. The molecule has 2 aliphatic rings. The van der Waals surface area contributed by atoms with Crippen molar-refractivity contribution in [1.29, 1.82) is 0 Å². The molecule has 4 rings (SSSR count). The predicted molar refractivity (Wildman–Crippen MR) is 116 cm³/mol. The normalized spacial score (nSPS) is 16.4. The van der Waals surface area contributed by atoms with E-state index in [1.54, 1.807) is 4.90 Å². The van der Waals surface area contributed by atoms with Crippen molar-refractivity contribution in [2.24, 2.45) is 5.73 Å². The number of alkyl halides is 3. The summed E-state index contributed by atoms with van der Waals surface area (Å²) in [6, 6.07) is 5.23. The van der Waals surface area contributed by atoms with Gasteiger partial charge in [0.15, 0.2) is 0 Å². The smallest absolute Gasteiger partial charge is 0.406 e. The molecule has 7 nitrogen and oxygen atoms in total. The molecule has 2 aromatic rings. The highest BCUT2D eigenvalue weighted by molar-refractivity contribution is 6.02. The largest absolute Gasteiger partial charge is 0.573 e. The second-order valence-corrected chi connectivity index (χ2v) is 9.55. The SMILES string of the molecule is CC(C)(C)NC(=O)N1CCn2c(c(C(N)=O)c(-c3ccc(OC(F)(F)F)cc3)c2C2CC2)C1. The quantitative estimate of drug-likeness (QED) is 0.705. The fraction of sp³-hybridized carbons (Fsp3) is 0.478. The van der Waals surface area contributed by atoms with Crippen LogP contribution in [0.15, 0.2) is 24.3 Å². The summed E-state index contributed by atoms with van der Waals surface area (Å²) >= 11 is 0. The van der Waals surface area contributed by atoms with Gasteiger partial charge in [0.25, 0.3) is 5.91 Å². The number of primary amides is 1. The van der Waals surface area contributed by atoms with Gasteiger partial charge >= 0.3 is 12.4 Å². The molecule has 3 N–H and O–H groups in total. The van der Waals surface area contributed by atoms with Crippen molar-refractivity contribution in [3.05, 3.63) is 41.2 Å². The Balaban J connectivity index is 1.75. The lowest BCUT2D eigenvalue weighted by Gasteiger charge is -2.33. The van der Waals surface area contributed by atoms with Crippen LogP contribution in [-0.2, 0) is 13.1 Å². The third-order valence-corrected chi connectivity index (χ3v) is 5.70. The molecular formula is C23H27F3N4O3. The first-order valence-electron chi connectivity index (χ1n) is 10.8. The molecule has 1 fully saturated rings. The highest BCUT2D eigenvalue weighted by Crippen LogP contribution is 2.48. The monoisotopic (exact) mass is 464 g/mol. The molecule has 0 bridgehead atoms. The second-order valence-electron chi connectivity index (χ2n) is 9.55. The summed E-state index contributed by atoms with van der Waals surface area (Å²) < 4.78 is 43.7. The number of hydrogen-bond donors (Lipinski definition) is 2. The van der Waals surface area contributed by atoms with Gasteiger partial charge in [-0.25, -0.2) is 4.79 Å². The molecular weight excluding hydrogens is 437 g/mol. The highest BCUT2D eigenvalue weighted by atomic mass is 19.4. The van der Waals surface area contributed by atoms with E-state index in [9.17, 15) is 22.8 Å². The van der Waals surface area contributed by atoms with E-state index in [1.807, 2.05) is 20.8 Å². The number of aromatic nitrogens is 1. The fourth-order valence-corrected chi connectivity index (χ4v) is 4.32. The van der Waals surface area contributed by atoms with Crippen LogP contribution in [0.5, 0.6) is 5.75 Å². The predicted octanol–water partition coefficient (Wildman–Crippen LogP) is 4.35. The van der Waals surface area contributed by atoms with Gasteiger partial charge in [-0.1, -0.05) is 12.1 Å². The summed E-state index contributed by atoms with van der Waals surface area (Å²) in [5.41, 5.74) is 8.55. The molecule has 1 aromatic carbocycles. The molecule has 33 heavy (non-hydrogen) atoms. The van der Waals surface area contributed by atoms with Crippen molar-refractivity contribution in [2.75, 3.05) is 6.54 Å². The van der Waals surface area contributed by atoms with E-state index in [1.165, 1.54) is 24.3 Å². The zero-order valence-electron chi connectivity index (χ0n) is 18.8. The molecule has 0 radical (unpaired) electrons. The Morgan fingerprint density at radius 3 is 2.24 bits per heavy atom. The lowest BCUT2D eigenvalue weighted by atomic mass is 9.97. The second kappa shape index (κ2) is 8.00. The van der Waals surface area contributed by atoms with Crippen molar-refractivity contribution in [3.8, 4) is 16.9 Å². The van der Waals surface area contributed by atoms with Gasteiger partial charge in [0.2, 0.25) is 0 Å². The van der Waals surface area contributed by atoms with Gasteiger partial charge in [-0.15, -0.1) is 13.2 Å². The van der Waals surface area contributed by atoms with Crippen molar-refractivity contribution in [1.82, 2.24) is 14.8 Å². The number of benzene rings is 1. The average Bonchev–Trinajstić information content (AvgIpc) is 3.46. The van der Waals surface area contributed by atoms with Crippen molar-refractivity contribution in [3.63, 3.8) is 0 Å². The van der Waals surface area contributed by atoms with Crippen LogP contribution >= 0.6 is 0 Å². The maximum absolute atomic E-state index is 12.7. The molecule has 1 aliphatic heterocycles. The molecule has 1 saturated carbocycles. The van der Waals surface area contributed by atoms with Crippen LogP contribution < -0.4 is 15.8 Å². The topological polar surface area (TPSA) is 89.6 Å².